The summed E-state index contributed by atoms with van der Waals surface area (Å²) in [6.07, 6.45) is -0.193. The maximum Gasteiger partial charge on any atom is 0.341 e. The minimum absolute atomic E-state index is 0.0144. The molecule has 2 aromatic carbocycles. The van der Waals surface area contributed by atoms with E-state index in [-0.39, 0.29) is 34.1 Å². The van der Waals surface area contributed by atoms with Gasteiger partial charge in [0.25, 0.3) is 0 Å². The number of para-hydroxylation sites is 1. The van der Waals surface area contributed by atoms with Crippen LogP contribution in [0.5, 0.6) is 5.75 Å². The number of halogens is 1. The number of phenolic OH excluding ortho intramolecular Hbond substituents is 1. The molecule has 2 aromatic rings. The van der Waals surface area contributed by atoms with Crippen molar-refractivity contribution < 1.29 is 27.9 Å². The molecule has 0 radical (unpaired) electrons. The fourth-order valence-corrected chi connectivity index (χ4v) is 3.48. The van der Waals surface area contributed by atoms with Gasteiger partial charge in [-0.1, -0.05) is 23.7 Å². The highest BCUT2D eigenvalue weighted by Gasteiger charge is 2.17. The number of phenols is 1. The zero-order chi connectivity index (χ0) is 20.0. The quantitative estimate of drug-likeness (QED) is 0.473. The molecule has 144 valence electrons. The van der Waals surface area contributed by atoms with Gasteiger partial charge in [-0.05, 0) is 30.3 Å². The van der Waals surface area contributed by atoms with Crippen LogP contribution in [0.2, 0.25) is 5.02 Å². The number of ether oxygens (including phenoxy) is 1. The molecule has 0 atom stereocenters. The van der Waals surface area contributed by atoms with Gasteiger partial charge in [0.05, 0.1) is 17.7 Å². The molecule has 0 aliphatic heterocycles. The van der Waals surface area contributed by atoms with Crippen molar-refractivity contribution in [2.24, 2.45) is 0 Å². The summed E-state index contributed by atoms with van der Waals surface area (Å²) >= 11 is 5.77. The van der Waals surface area contributed by atoms with E-state index in [1.54, 1.807) is 6.07 Å². The van der Waals surface area contributed by atoms with Crippen LogP contribution in [0.4, 0.5) is 5.69 Å². The first-order valence-corrected chi connectivity index (χ1v) is 9.56. The number of esters is 1. The van der Waals surface area contributed by atoms with Crippen molar-refractivity contribution in [2.75, 3.05) is 19.0 Å². The SMILES string of the molecule is COC(=O)c1cccc(NC(=O)CCNS(=O)(=O)c2cccc(Cl)c2)c1O. The van der Waals surface area contributed by atoms with E-state index in [0.29, 0.717) is 0 Å². The Morgan fingerprint density at radius 3 is 2.56 bits per heavy atom. The average molecular weight is 413 g/mol. The maximum atomic E-state index is 12.1. The number of hydrogen-bond donors (Lipinski definition) is 3. The van der Waals surface area contributed by atoms with Gasteiger partial charge in [-0.3, -0.25) is 4.79 Å². The second kappa shape index (κ2) is 8.85. The molecule has 2 rings (SSSR count). The van der Waals surface area contributed by atoms with Crippen molar-refractivity contribution in [2.45, 2.75) is 11.3 Å². The molecular formula is C17H17ClN2O6S. The second-order valence-electron chi connectivity index (χ2n) is 5.35. The van der Waals surface area contributed by atoms with Crippen LogP contribution in [0.15, 0.2) is 47.4 Å². The molecular weight excluding hydrogens is 396 g/mol. The Morgan fingerprint density at radius 1 is 1.19 bits per heavy atom. The lowest BCUT2D eigenvalue weighted by Gasteiger charge is -2.10. The van der Waals surface area contributed by atoms with Crippen molar-refractivity contribution in [1.82, 2.24) is 4.72 Å². The van der Waals surface area contributed by atoms with E-state index in [2.05, 4.69) is 14.8 Å². The van der Waals surface area contributed by atoms with E-state index in [1.807, 2.05) is 0 Å². The van der Waals surface area contributed by atoms with Gasteiger partial charge in [0.1, 0.15) is 5.56 Å². The molecule has 0 aromatic heterocycles. The molecule has 0 heterocycles. The molecule has 0 unspecified atom stereocenters. The molecule has 0 aliphatic rings. The van der Waals surface area contributed by atoms with Crippen LogP contribution in [-0.4, -0.2) is 39.1 Å². The number of sulfonamides is 1. The summed E-state index contributed by atoms with van der Waals surface area (Å²) in [5, 5.41) is 12.7. The monoisotopic (exact) mass is 412 g/mol. The number of aromatic hydroxyl groups is 1. The summed E-state index contributed by atoms with van der Waals surface area (Å²) in [6, 6.07) is 9.92. The molecule has 0 fully saturated rings. The Hall–Kier alpha value is -2.62. The fraction of sp³-hybridized carbons (Fsp3) is 0.176. The summed E-state index contributed by atoms with van der Waals surface area (Å²) in [5.41, 5.74) is -0.0856. The Morgan fingerprint density at radius 2 is 1.89 bits per heavy atom. The maximum absolute atomic E-state index is 12.1. The third-order valence-corrected chi connectivity index (χ3v) is 5.16. The second-order valence-corrected chi connectivity index (χ2v) is 7.55. The lowest BCUT2D eigenvalue weighted by molar-refractivity contribution is -0.116. The van der Waals surface area contributed by atoms with Crippen LogP contribution >= 0.6 is 11.6 Å². The number of rotatable bonds is 7. The highest BCUT2D eigenvalue weighted by molar-refractivity contribution is 7.89. The minimum atomic E-state index is -3.81. The van der Waals surface area contributed by atoms with Gasteiger partial charge in [0.2, 0.25) is 15.9 Å². The third-order valence-electron chi connectivity index (χ3n) is 3.47. The summed E-state index contributed by atoms with van der Waals surface area (Å²) in [6.45, 7) is -0.169. The predicted octanol–water partition coefficient (Wildman–Crippen LogP) is 2.14. The van der Waals surface area contributed by atoms with Crippen LogP contribution in [0.25, 0.3) is 0 Å². The molecule has 3 N–H and O–H groups in total. The molecule has 10 heteroatoms. The van der Waals surface area contributed by atoms with Gasteiger partial charge >= 0.3 is 5.97 Å². The lowest BCUT2D eigenvalue weighted by atomic mass is 10.1. The molecule has 0 aliphatic carbocycles. The average Bonchev–Trinajstić information content (AvgIpc) is 2.62. The molecule has 27 heavy (non-hydrogen) atoms. The number of methoxy groups -OCH3 is 1. The number of amides is 1. The van der Waals surface area contributed by atoms with Gasteiger partial charge in [-0.15, -0.1) is 0 Å². The molecule has 0 saturated carbocycles. The van der Waals surface area contributed by atoms with E-state index in [0.717, 1.165) is 0 Å². The van der Waals surface area contributed by atoms with Crippen LogP contribution in [-0.2, 0) is 19.6 Å². The fourth-order valence-electron chi connectivity index (χ4n) is 2.15. The van der Waals surface area contributed by atoms with E-state index in [4.69, 9.17) is 11.6 Å². The Bertz CT molecular complexity index is 962. The number of carbonyl (C=O) groups excluding carboxylic acids is 2. The van der Waals surface area contributed by atoms with E-state index >= 15 is 0 Å². The van der Waals surface area contributed by atoms with Crippen molar-refractivity contribution in [3.8, 4) is 5.75 Å². The molecule has 8 nitrogen and oxygen atoms in total. The van der Waals surface area contributed by atoms with Gasteiger partial charge in [-0.25, -0.2) is 17.9 Å². The van der Waals surface area contributed by atoms with Crippen molar-refractivity contribution in [1.29, 1.82) is 0 Å². The summed E-state index contributed by atoms with van der Waals surface area (Å²) in [7, 11) is -2.64. The van der Waals surface area contributed by atoms with E-state index in [9.17, 15) is 23.1 Å². The number of benzene rings is 2. The predicted molar refractivity (Wildman–Crippen MR) is 99.3 cm³/mol. The van der Waals surface area contributed by atoms with Crippen molar-refractivity contribution >= 4 is 39.2 Å². The number of nitrogens with one attached hydrogen (secondary N) is 2. The van der Waals surface area contributed by atoms with E-state index < -0.39 is 27.6 Å². The summed E-state index contributed by atoms with van der Waals surface area (Å²) in [4.78, 5) is 23.5. The first-order chi connectivity index (χ1) is 12.7. The van der Waals surface area contributed by atoms with Gasteiger partial charge in [-0.2, -0.15) is 0 Å². The summed E-state index contributed by atoms with van der Waals surface area (Å²) in [5.74, 6) is -1.74. The number of carbonyl (C=O) groups is 2. The number of anilines is 1. The Balaban J connectivity index is 1.96. The Labute approximate surface area is 161 Å². The normalized spacial score (nSPS) is 11.0. The molecule has 1 amide bonds. The largest absolute Gasteiger partial charge is 0.505 e. The highest BCUT2D eigenvalue weighted by atomic mass is 35.5. The molecule has 0 spiro atoms. The van der Waals surface area contributed by atoms with Crippen LogP contribution in [0, 0.1) is 0 Å². The van der Waals surface area contributed by atoms with Crippen LogP contribution in [0.1, 0.15) is 16.8 Å². The first-order valence-electron chi connectivity index (χ1n) is 7.70. The molecule has 0 bridgehead atoms. The third kappa shape index (κ3) is 5.43. The van der Waals surface area contributed by atoms with Gasteiger partial charge < -0.3 is 15.2 Å². The standard InChI is InChI=1S/C17H17ClN2O6S/c1-26-17(23)13-6-3-7-14(16(13)22)20-15(21)8-9-19-27(24,25)12-5-2-4-11(18)10-12/h2-7,10,19,22H,8-9H2,1H3,(H,20,21). The van der Waals surface area contributed by atoms with Gasteiger partial charge in [0.15, 0.2) is 5.75 Å². The smallest absolute Gasteiger partial charge is 0.341 e. The minimum Gasteiger partial charge on any atom is -0.505 e. The number of hydrogen-bond acceptors (Lipinski definition) is 6. The topological polar surface area (TPSA) is 122 Å². The van der Waals surface area contributed by atoms with Crippen LogP contribution in [0.3, 0.4) is 0 Å². The summed E-state index contributed by atoms with van der Waals surface area (Å²) < 4.78 is 31.1. The van der Waals surface area contributed by atoms with Crippen LogP contribution < -0.4 is 10.0 Å². The van der Waals surface area contributed by atoms with Gasteiger partial charge in [0, 0.05) is 18.0 Å². The Kier molecular flexibility index (Phi) is 6.78. The van der Waals surface area contributed by atoms with Crippen molar-refractivity contribution in [3.05, 3.63) is 53.1 Å². The lowest BCUT2D eigenvalue weighted by Crippen LogP contribution is -2.27. The highest BCUT2D eigenvalue weighted by Crippen LogP contribution is 2.28. The zero-order valence-corrected chi connectivity index (χ0v) is 15.8. The molecule has 0 saturated heterocycles. The van der Waals surface area contributed by atoms with E-state index in [1.165, 1.54) is 43.5 Å². The van der Waals surface area contributed by atoms with Crippen molar-refractivity contribution in [3.63, 3.8) is 0 Å². The first kappa shape index (κ1) is 20.7. The zero-order valence-electron chi connectivity index (χ0n) is 14.2.